The van der Waals surface area contributed by atoms with Crippen LogP contribution in [0.1, 0.15) is 38.5 Å². The predicted molar refractivity (Wildman–Crippen MR) is 49.0 cm³/mol. The fourth-order valence-corrected chi connectivity index (χ4v) is 2.04. The zero-order valence-corrected chi connectivity index (χ0v) is 7.68. The molecule has 0 aromatic heterocycles. The molecule has 0 spiro atoms. The van der Waals surface area contributed by atoms with E-state index in [1.165, 1.54) is 38.5 Å². The maximum Gasteiger partial charge on any atom is 0.0499 e. The zero-order chi connectivity index (χ0) is 8.44. The molecule has 2 heteroatoms. The highest BCUT2D eigenvalue weighted by atomic mass is 16.3. The number of rotatable bonds is 4. The Hall–Kier alpha value is -0.0800. The van der Waals surface area contributed by atoms with E-state index in [0.29, 0.717) is 6.61 Å². The van der Waals surface area contributed by atoms with Crippen LogP contribution in [0.25, 0.3) is 0 Å². The van der Waals surface area contributed by atoms with E-state index in [4.69, 9.17) is 0 Å². The van der Waals surface area contributed by atoms with Gasteiger partial charge in [0.2, 0.25) is 0 Å². The molecule has 0 unspecified atom stereocenters. The van der Waals surface area contributed by atoms with Crippen molar-refractivity contribution in [2.45, 2.75) is 44.6 Å². The monoisotopic (exact) mass is 169 g/mol. The first kappa shape index (κ1) is 8.52. The summed E-state index contributed by atoms with van der Waals surface area (Å²) in [6.07, 6.45) is 7.85. The maximum atomic E-state index is 9.20. The second kappa shape index (κ2) is 3.35. The van der Waals surface area contributed by atoms with E-state index in [1.54, 1.807) is 0 Å². The van der Waals surface area contributed by atoms with Crippen molar-refractivity contribution in [2.75, 3.05) is 13.2 Å². The average Bonchev–Trinajstić information content (AvgIpc) is 1.91. The second-order valence-electron chi connectivity index (χ2n) is 4.52. The van der Waals surface area contributed by atoms with Crippen LogP contribution in [0.4, 0.5) is 0 Å². The lowest BCUT2D eigenvalue weighted by Crippen LogP contribution is -2.47. The molecule has 2 fully saturated rings. The van der Waals surface area contributed by atoms with Gasteiger partial charge in [0, 0.05) is 24.6 Å². The van der Waals surface area contributed by atoms with Crippen LogP contribution in [0, 0.1) is 5.41 Å². The molecule has 0 saturated heterocycles. The Morgan fingerprint density at radius 1 is 1.25 bits per heavy atom. The number of aliphatic hydroxyl groups excluding tert-OH is 1. The van der Waals surface area contributed by atoms with Crippen LogP contribution in [0.15, 0.2) is 0 Å². The van der Waals surface area contributed by atoms with Crippen molar-refractivity contribution < 1.29 is 5.11 Å². The van der Waals surface area contributed by atoms with Gasteiger partial charge in [-0.05, 0) is 25.7 Å². The third-order valence-electron chi connectivity index (χ3n) is 3.62. The Morgan fingerprint density at radius 2 is 2.00 bits per heavy atom. The quantitative estimate of drug-likeness (QED) is 0.664. The van der Waals surface area contributed by atoms with Crippen molar-refractivity contribution in [1.29, 1.82) is 0 Å². The van der Waals surface area contributed by atoms with Gasteiger partial charge in [0.25, 0.3) is 0 Å². The molecule has 2 N–H and O–H groups in total. The normalized spacial score (nSPS) is 27.8. The highest BCUT2D eigenvalue weighted by Gasteiger charge is 2.36. The van der Waals surface area contributed by atoms with Gasteiger partial charge in [-0.15, -0.1) is 0 Å². The fraction of sp³-hybridized carbons (Fsp3) is 1.00. The molecule has 0 bridgehead atoms. The fourth-order valence-electron chi connectivity index (χ4n) is 2.04. The van der Waals surface area contributed by atoms with Gasteiger partial charge in [-0.25, -0.2) is 0 Å². The summed E-state index contributed by atoms with van der Waals surface area (Å²) in [5, 5.41) is 12.8. The van der Waals surface area contributed by atoms with Gasteiger partial charge < -0.3 is 10.4 Å². The second-order valence-corrected chi connectivity index (χ2v) is 4.52. The Kier molecular flexibility index (Phi) is 2.37. The van der Waals surface area contributed by atoms with Gasteiger partial charge in [0.15, 0.2) is 0 Å². The Morgan fingerprint density at radius 3 is 2.33 bits per heavy atom. The van der Waals surface area contributed by atoms with Gasteiger partial charge in [-0.3, -0.25) is 0 Å². The molecular formula is C10H19NO. The first-order valence-corrected chi connectivity index (χ1v) is 5.19. The van der Waals surface area contributed by atoms with Crippen LogP contribution in [0.3, 0.4) is 0 Å². The van der Waals surface area contributed by atoms with E-state index in [1.807, 2.05) is 0 Å². The SMILES string of the molecule is OCC1(CNC2CCC2)CCC1. The molecule has 70 valence electrons. The van der Waals surface area contributed by atoms with Crippen molar-refractivity contribution in [3.05, 3.63) is 0 Å². The lowest BCUT2D eigenvalue weighted by atomic mass is 9.69. The van der Waals surface area contributed by atoms with E-state index in [-0.39, 0.29) is 5.41 Å². The Labute approximate surface area is 74.4 Å². The van der Waals surface area contributed by atoms with Gasteiger partial charge in [0.1, 0.15) is 0 Å². The van der Waals surface area contributed by atoms with Gasteiger partial charge >= 0.3 is 0 Å². The van der Waals surface area contributed by atoms with Gasteiger partial charge in [-0.1, -0.05) is 12.8 Å². The minimum Gasteiger partial charge on any atom is -0.396 e. The molecule has 2 aliphatic carbocycles. The van der Waals surface area contributed by atoms with E-state index >= 15 is 0 Å². The van der Waals surface area contributed by atoms with Crippen LogP contribution in [-0.4, -0.2) is 24.3 Å². The molecule has 0 heterocycles. The largest absolute Gasteiger partial charge is 0.396 e. The Balaban J connectivity index is 1.69. The molecule has 0 atom stereocenters. The van der Waals surface area contributed by atoms with E-state index < -0.39 is 0 Å². The topological polar surface area (TPSA) is 32.3 Å². The van der Waals surface area contributed by atoms with Crippen molar-refractivity contribution in [1.82, 2.24) is 5.32 Å². The highest BCUT2D eigenvalue weighted by Crippen LogP contribution is 2.40. The van der Waals surface area contributed by atoms with Crippen LogP contribution in [0.5, 0.6) is 0 Å². The summed E-state index contributed by atoms with van der Waals surface area (Å²) in [6.45, 7) is 1.43. The summed E-state index contributed by atoms with van der Waals surface area (Å²) < 4.78 is 0. The number of hydrogen-bond donors (Lipinski definition) is 2. The predicted octanol–water partition coefficient (Wildman–Crippen LogP) is 1.29. The first-order valence-electron chi connectivity index (χ1n) is 5.19. The minimum atomic E-state index is 0.273. The molecule has 0 aromatic rings. The van der Waals surface area contributed by atoms with E-state index in [2.05, 4.69) is 5.32 Å². The summed E-state index contributed by atoms with van der Waals surface area (Å²) in [4.78, 5) is 0. The molecular weight excluding hydrogens is 150 g/mol. The molecule has 0 amide bonds. The molecule has 2 nitrogen and oxygen atoms in total. The maximum absolute atomic E-state index is 9.20. The van der Waals surface area contributed by atoms with E-state index in [0.717, 1.165) is 12.6 Å². The van der Waals surface area contributed by atoms with Gasteiger partial charge in [0.05, 0.1) is 0 Å². The van der Waals surface area contributed by atoms with Crippen LogP contribution in [-0.2, 0) is 0 Å². The molecule has 0 aromatic carbocycles. The molecule has 2 rings (SSSR count). The molecule has 2 saturated carbocycles. The van der Waals surface area contributed by atoms with E-state index in [9.17, 15) is 5.11 Å². The number of aliphatic hydroxyl groups is 1. The van der Waals surface area contributed by atoms with Crippen molar-refractivity contribution in [3.63, 3.8) is 0 Å². The number of hydrogen-bond acceptors (Lipinski definition) is 2. The molecule has 2 aliphatic rings. The van der Waals surface area contributed by atoms with Crippen molar-refractivity contribution in [3.8, 4) is 0 Å². The highest BCUT2D eigenvalue weighted by molar-refractivity contribution is 4.91. The van der Waals surface area contributed by atoms with Crippen LogP contribution < -0.4 is 5.32 Å². The average molecular weight is 169 g/mol. The van der Waals surface area contributed by atoms with Crippen LogP contribution in [0.2, 0.25) is 0 Å². The summed E-state index contributed by atoms with van der Waals surface area (Å²) in [7, 11) is 0. The van der Waals surface area contributed by atoms with Crippen molar-refractivity contribution in [2.24, 2.45) is 5.41 Å². The minimum absolute atomic E-state index is 0.273. The third kappa shape index (κ3) is 1.50. The summed E-state index contributed by atoms with van der Waals surface area (Å²) >= 11 is 0. The summed E-state index contributed by atoms with van der Waals surface area (Å²) in [6, 6.07) is 0.772. The third-order valence-corrected chi connectivity index (χ3v) is 3.62. The molecule has 0 aliphatic heterocycles. The smallest absolute Gasteiger partial charge is 0.0499 e. The number of nitrogens with one attached hydrogen (secondary N) is 1. The first-order chi connectivity index (χ1) is 5.85. The summed E-state index contributed by atoms with van der Waals surface area (Å²) in [5.74, 6) is 0. The van der Waals surface area contributed by atoms with Crippen LogP contribution >= 0.6 is 0 Å². The molecule has 12 heavy (non-hydrogen) atoms. The van der Waals surface area contributed by atoms with Crippen molar-refractivity contribution >= 4 is 0 Å². The molecule has 0 radical (unpaired) electrons. The lowest BCUT2D eigenvalue weighted by Gasteiger charge is -2.42. The Bertz CT molecular complexity index is 144. The lowest BCUT2D eigenvalue weighted by molar-refractivity contribution is 0.0391. The summed E-state index contributed by atoms with van der Waals surface area (Å²) in [5.41, 5.74) is 0.273. The zero-order valence-electron chi connectivity index (χ0n) is 7.68. The standard InChI is InChI=1S/C10H19NO/c12-8-10(5-2-6-10)7-11-9-3-1-4-9/h9,11-12H,1-8H2. The van der Waals surface area contributed by atoms with Gasteiger partial charge in [-0.2, -0.15) is 0 Å².